The van der Waals surface area contributed by atoms with Crippen molar-refractivity contribution in [1.29, 1.82) is 0 Å². The Balaban J connectivity index is 1.91. The highest BCUT2D eigenvalue weighted by Gasteiger charge is 2.25. The number of carbonyl (C=O) groups is 1. The number of H-pyrrole nitrogens is 1. The maximum atomic E-state index is 12.2. The second-order valence-corrected chi connectivity index (χ2v) is 5.64. The first-order valence-electron chi connectivity index (χ1n) is 6.68. The summed E-state index contributed by atoms with van der Waals surface area (Å²) in [7, 11) is 0. The highest BCUT2D eigenvalue weighted by Crippen LogP contribution is 2.21. The SMILES string of the molecule is CC[C@H]1CCCCN1C(=O)CSc1nccc(=O)[nH]1. The number of rotatable bonds is 4. The molecular formula is C13H19N3O2S. The summed E-state index contributed by atoms with van der Waals surface area (Å²) in [5, 5.41) is 0.505. The number of amides is 1. The van der Waals surface area contributed by atoms with E-state index in [1.807, 2.05) is 4.90 Å². The molecule has 1 aliphatic rings. The molecule has 104 valence electrons. The van der Waals surface area contributed by atoms with E-state index in [0.717, 1.165) is 25.8 Å². The Morgan fingerprint density at radius 3 is 3.16 bits per heavy atom. The molecule has 1 aromatic rings. The smallest absolute Gasteiger partial charge is 0.251 e. The Bertz CT molecular complexity index is 489. The highest BCUT2D eigenvalue weighted by atomic mass is 32.2. The fraction of sp³-hybridized carbons (Fsp3) is 0.615. The third-order valence-corrected chi connectivity index (χ3v) is 4.27. The second kappa shape index (κ2) is 6.75. The van der Waals surface area contributed by atoms with Crippen LogP contribution in [0.3, 0.4) is 0 Å². The van der Waals surface area contributed by atoms with Crippen LogP contribution in [0.1, 0.15) is 32.6 Å². The summed E-state index contributed by atoms with van der Waals surface area (Å²) in [5.41, 5.74) is -0.186. The van der Waals surface area contributed by atoms with Gasteiger partial charge in [0.15, 0.2) is 5.16 Å². The van der Waals surface area contributed by atoms with Gasteiger partial charge >= 0.3 is 0 Å². The third-order valence-electron chi connectivity index (χ3n) is 3.40. The van der Waals surface area contributed by atoms with Gasteiger partial charge in [-0.3, -0.25) is 9.59 Å². The molecule has 0 aromatic carbocycles. The standard InChI is InChI=1S/C13H19N3O2S/c1-2-10-5-3-4-8-16(10)12(18)9-19-13-14-7-6-11(17)15-13/h6-7,10H,2-5,8-9H2,1H3,(H,14,15,17)/t10-/m0/s1. The van der Waals surface area contributed by atoms with Gasteiger partial charge in [-0.15, -0.1) is 0 Å². The Hall–Kier alpha value is -1.30. The zero-order valence-electron chi connectivity index (χ0n) is 11.1. The van der Waals surface area contributed by atoms with Crippen molar-refractivity contribution in [1.82, 2.24) is 14.9 Å². The van der Waals surface area contributed by atoms with E-state index in [1.165, 1.54) is 30.4 Å². The fourth-order valence-corrected chi connectivity index (χ4v) is 3.13. The molecule has 6 heteroatoms. The minimum absolute atomic E-state index is 0.142. The number of nitrogens with zero attached hydrogens (tertiary/aromatic N) is 2. The lowest BCUT2D eigenvalue weighted by Crippen LogP contribution is -2.44. The van der Waals surface area contributed by atoms with Crippen LogP contribution in [-0.4, -0.2) is 39.1 Å². The number of hydrogen-bond donors (Lipinski definition) is 1. The summed E-state index contributed by atoms with van der Waals surface area (Å²) >= 11 is 1.29. The largest absolute Gasteiger partial charge is 0.339 e. The number of aromatic amines is 1. The summed E-state index contributed by atoms with van der Waals surface area (Å²) in [6.07, 6.45) is 5.88. The molecule has 0 radical (unpaired) electrons. The van der Waals surface area contributed by atoms with E-state index in [2.05, 4.69) is 16.9 Å². The van der Waals surface area contributed by atoms with Crippen molar-refractivity contribution in [3.05, 3.63) is 22.6 Å². The molecule has 1 atom stereocenters. The minimum Gasteiger partial charge on any atom is -0.339 e. The molecule has 0 spiro atoms. The molecule has 1 aliphatic heterocycles. The number of piperidine rings is 1. The summed E-state index contributed by atoms with van der Waals surface area (Å²) < 4.78 is 0. The second-order valence-electron chi connectivity index (χ2n) is 4.67. The lowest BCUT2D eigenvalue weighted by atomic mass is 10.0. The van der Waals surface area contributed by atoms with Crippen LogP contribution in [0.2, 0.25) is 0 Å². The van der Waals surface area contributed by atoms with Crippen LogP contribution >= 0.6 is 11.8 Å². The third kappa shape index (κ3) is 3.83. The number of likely N-dealkylation sites (tertiary alicyclic amines) is 1. The maximum Gasteiger partial charge on any atom is 0.251 e. The van der Waals surface area contributed by atoms with Crippen LogP contribution in [0, 0.1) is 0 Å². The van der Waals surface area contributed by atoms with Crippen molar-refractivity contribution >= 4 is 17.7 Å². The van der Waals surface area contributed by atoms with E-state index in [0.29, 0.717) is 17.0 Å². The first-order chi connectivity index (χ1) is 9.20. The normalized spacial score (nSPS) is 19.4. The van der Waals surface area contributed by atoms with Crippen LogP contribution < -0.4 is 5.56 Å². The van der Waals surface area contributed by atoms with E-state index in [1.54, 1.807) is 0 Å². The molecule has 0 aliphatic carbocycles. The van der Waals surface area contributed by atoms with Gasteiger partial charge < -0.3 is 9.88 Å². The molecule has 5 nitrogen and oxygen atoms in total. The topological polar surface area (TPSA) is 66.1 Å². The molecule has 2 rings (SSSR count). The van der Waals surface area contributed by atoms with Gasteiger partial charge in [0.1, 0.15) is 0 Å². The van der Waals surface area contributed by atoms with Crippen molar-refractivity contribution in [2.24, 2.45) is 0 Å². The van der Waals surface area contributed by atoms with Gasteiger partial charge in [-0.05, 0) is 25.7 Å². The van der Waals surface area contributed by atoms with Gasteiger partial charge in [0, 0.05) is 24.8 Å². The van der Waals surface area contributed by atoms with E-state index < -0.39 is 0 Å². The van der Waals surface area contributed by atoms with Crippen molar-refractivity contribution in [2.45, 2.75) is 43.8 Å². The first kappa shape index (κ1) is 14.1. The predicted octanol–water partition coefficient (Wildman–Crippen LogP) is 1.65. The van der Waals surface area contributed by atoms with Crippen LogP contribution in [-0.2, 0) is 4.79 Å². The highest BCUT2D eigenvalue weighted by molar-refractivity contribution is 7.99. The lowest BCUT2D eigenvalue weighted by Gasteiger charge is -2.35. The van der Waals surface area contributed by atoms with E-state index in [9.17, 15) is 9.59 Å². The number of nitrogens with one attached hydrogen (secondary N) is 1. The number of hydrogen-bond acceptors (Lipinski definition) is 4. The molecule has 1 amide bonds. The first-order valence-corrected chi connectivity index (χ1v) is 7.67. The zero-order chi connectivity index (χ0) is 13.7. The molecule has 1 saturated heterocycles. The van der Waals surface area contributed by atoms with Crippen LogP contribution in [0.15, 0.2) is 22.2 Å². The monoisotopic (exact) mass is 281 g/mol. The summed E-state index contributed by atoms with van der Waals surface area (Å²) in [4.78, 5) is 32.0. The zero-order valence-corrected chi connectivity index (χ0v) is 11.9. The molecular weight excluding hydrogens is 262 g/mol. The fourth-order valence-electron chi connectivity index (χ4n) is 2.39. The Labute approximate surface area is 116 Å². The minimum atomic E-state index is -0.186. The van der Waals surface area contributed by atoms with Crippen LogP contribution in [0.4, 0.5) is 0 Å². The molecule has 19 heavy (non-hydrogen) atoms. The molecule has 0 saturated carbocycles. The molecule has 1 aromatic heterocycles. The average Bonchev–Trinajstić information content (AvgIpc) is 2.45. The Kier molecular flexibility index (Phi) is 5.01. The van der Waals surface area contributed by atoms with Gasteiger partial charge in [0.2, 0.25) is 5.91 Å². The van der Waals surface area contributed by atoms with Gasteiger partial charge in [-0.25, -0.2) is 4.98 Å². The van der Waals surface area contributed by atoms with Gasteiger partial charge in [0.25, 0.3) is 5.56 Å². The molecule has 1 fully saturated rings. The molecule has 0 unspecified atom stereocenters. The number of thioether (sulfide) groups is 1. The summed E-state index contributed by atoms with van der Waals surface area (Å²) in [6, 6.07) is 1.74. The number of aromatic nitrogens is 2. The Morgan fingerprint density at radius 2 is 2.42 bits per heavy atom. The molecule has 1 N–H and O–H groups in total. The summed E-state index contributed by atoms with van der Waals surface area (Å²) in [5.74, 6) is 0.478. The van der Waals surface area contributed by atoms with E-state index >= 15 is 0 Å². The molecule has 0 bridgehead atoms. The van der Waals surface area contributed by atoms with Crippen molar-refractivity contribution in [3.8, 4) is 0 Å². The predicted molar refractivity (Wildman–Crippen MR) is 75.2 cm³/mol. The van der Waals surface area contributed by atoms with Crippen molar-refractivity contribution in [3.63, 3.8) is 0 Å². The average molecular weight is 281 g/mol. The van der Waals surface area contributed by atoms with E-state index in [4.69, 9.17) is 0 Å². The van der Waals surface area contributed by atoms with Gasteiger partial charge in [0.05, 0.1) is 5.75 Å². The van der Waals surface area contributed by atoms with Gasteiger partial charge in [-0.2, -0.15) is 0 Å². The van der Waals surface area contributed by atoms with Crippen LogP contribution in [0.5, 0.6) is 0 Å². The summed E-state index contributed by atoms with van der Waals surface area (Å²) in [6.45, 7) is 2.98. The van der Waals surface area contributed by atoms with Crippen molar-refractivity contribution in [2.75, 3.05) is 12.3 Å². The van der Waals surface area contributed by atoms with Gasteiger partial charge in [-0.1, -0.05) is 18.7 Å². The number of carbonyl (C=O) groups excluding carboxylic acids is 1. The van der Waals surface area contributed by atoms with Crippen LogP contribution in [0.25, 0.3) is 0 Å². The van der Waals surface area contributed by atoms with E-state index in [-0.39, 0.29) is 11.5 Å². The lowest BCUT2D eigenvalue weighted by molar-refractivity contribution is -0.132. The maximum absolute atomic E-state index is 12.2. The van der Waals surface area contributed by atoms with Crippen molar-refractivity contribution < 1.29 is 4.79 Å². The quantitative estimate of drug-likeness (QED) is 0.673. The Morgan fingerprint density at radius 1 is 1.58 bits per heavy atom. The molecule has 2 heterocycles.